The van der Waals surface area contributed by atoms with Gasteiger partial charge in [0.15, 0.2) is 0 Å². The molecule has 0 aromatic heterocycles. The lowest BCUT2D eigenvalue weighted by molar-refractivity contribution is 0.0697. The maximum absolute atomic E-state index is 9.36. The second kappa shape index (κ2) is 10.6. The Balaban J connectivity index is 2.64. The van der Waals surface area contributed by atoms with Gasteiger partial charge in [-0.3, -0.25) is 0 Å². The maximum Gasteiger partial charge on any atom is 0.0558 e. The van der Waals surface area contributed by atoms with Crippen LogP contribution in [0.15, 0.2) is 0 Å². The SMILES string of the molecule is CCCCN(CCO)CC1(CNCCC)CCCC(C)C1. The molecule has 21 heavy (non-hydrogen) atoms. The van der Waals surface area contributed by atoms with Crippen molar-refractivity contribution in [3.63, 3.8) is 0 Å². The monoisotopic (exact) mass is 298 g/mol. The second-order valence-electron chi connectivity index (χ2n) is 7.23. The Morgan fingerprint density at radius 3 is 2.67 bits per heavy atom. The van der Waals surface area contributed by atoms with Crippen LogP contribution in [0, 0.1) is 11.3 Å². The predicted octanol–water partition coefficient (Wildman–Crippen LogP) is 3.28. The predicted molar refractivity (Wildman–Crippen MR) is 91.7 cm³/mol. The molecule has 2 unspecified atom stereocenters. The van der Waals surface area contributed by atoms with Crippen molar-refractivity contribution in [3.8, 4) is 0 Å². The highest BCUT2D eigenvalue weighted by Gasteiger charge is 2.35. The highest BCUT2D eigenvalue weighted by Crippen LogP contribution is 2.39. The Morgan fingerprint density at radius 2 is 2.05 bits per heavy atom. The van der Waals surface area contributed by atoms with E-state index in [0.29, 0.717) is 5.41 Å². The van der Waals surface area contributed by atoms with Gasteiger partial charge >= 0.3 is 0 Å². The zero-order chi connectivity index (χ0) is 15.6. The van der Waals surface area contributed by atoms with Crippen molar-refractivity contribution in [2.45, 2.75) is 65.7 Å². The van der Waals surface area contributed by atoms with Gasteiger partial charge in [-0.05, 0) is 50.1 Å². The fraction of sp³-hybridized carbons (Fsp3) is 1.00. The molecule has 1 fully saturated rings. The van der Waals surface area contributed by atoms with Crippen LogP contribution >= 0.6 is 0 Å². The van der Waals surface area contributed by atoms with Crippen LogP contribution in [-0.2, 0) is 0 Å². The number of nitrogens with one attached hydrogen (secondary N) is 1. The third kappa shape index (κ3) is 7.12. The van der Waals surface area contributed by atoms with Crippen molar-refractivity contribution >= 4 is 0 Å². The minimum Gasteiger partial charge on any atom is -0.395 e. The van der Waals surface area contributed by atoms with Crippen LogP contribution in [0.2, 0.25) is 0 Å². The van der Waals surface area contributed by atoms with Crippen LogP contribution in [0.5, 0.6) is 0 Å². The van der Waals surface area contributed by atoms with Gasteiger partial charge in [-0.25, -0.2) is 0 Å². The minimum atomic E-state index is 0.289. The van der Waals surface area contributed by atoms with Gasteiger partial charge in [0, 0.05) is 19.6 Å². The summed E-state index contributed by atoms with van der Waals surface area (Å²) in [5, 5.41) is 13.0. The van der Waals surface area contributed by atoms with Crippen LogP contribution in [0.1, 0.15) is 65.7 Å². The summed E-state index contributed by atoms with van der Waals surface area (Å²) in [6.07, 6.45) is 9.15. The van der Waals surface area contributed by atoms with Crippen LogP contribution < -0.4 is 5.32 Å². The Morgan fingerprint density at radius 1 is 1.24 bits per heavy atom. The Kier molecular flexibility index (Phi) is 9.54. The highest BCUT2D eigenvalue weighted by atomic mass is 16.3. The molecule has 3 heteroatoms. The lowest BCUT2D eigenvalue weighted by atomic mass is 9.69. The number of nitrogens with zero attached hydrogens (tertiary/aromatic N) is 1. The summed E-state index contributed by atoms with van der Waals surface area (Å²) in [6.45, 7) is 12.6. The van der Waals surface area contributed by atoms with Gasteiger partial charge < -0.3 is 15.3 Å². The van der Waals surface area contributed by atoms with E-state index in [1.807, 2.05) is 0 Å². The first-order valence-corrected chi connectivity index (χ1v) is 9.19. The maximum atomic E-state index is 9.36. The molecular weight excluding hydrogens is 260 g/mol. The Labute approximate surface area is 132 Å². The third-order valence-electron chi connectivity index (χ3n) is 4.92. The van der Waals surface area contributed by atoms with Gasteiger partial charge in [-0.2, -0.15) is 0 Å². The molecule has 126 valence electrons. The summed E-state index contributed by atoms with van der Waals surface area (Å²) < 4.78 is 0. The molecule has 1 aliphatic carbocycles. The summed E-state index contributed by atoms with van der Waals surface area (Å²) in [5.41, 5.74) is 0.426. The summed E-state index contributed by atoms with van der Waals surface area (Å²) in [4.78, 5) is 2.51. The van der Waals surface area contributed by atoms with Crippen molar-refractivity contribution in [2.75, 3.05) is 39.3 Å². The molecule has 0 heterocycles. The summed E-state index contributed by atoms with van der Waals surface area (Å²) in [7, 11) is 0. The first kappa shape index (κ1) is 18.9. The molecule has 0 amide bonds. The molecule has 1 rings (SSSR count). The van der Waals surface area contributed by atoms with Gasteiger partial charge in [-0.1, -0.05) is 40.0 Å². The zero-order valence-corrected chi connectivity index (χ0v) is 14.7. The largest absolute Gasteiger partial charge is 0.395 e. The van der Waals surface area contributed by atoms with E-state index in [-0.39, 0.29) is 6.61 Å². The smallest absolute Gasteiger partial charge is 0.0558 e. The quantitative estimate of drug-likeness (QED) is 0.575. The molecular formula is C18H38N2O. The average Bonchev–Trinajstić information content (AvgIpc) is 2.45. The summed E-state index contributed by atoms with van der Waals surface area (Å²) in [6, 6.07) is 0. The van der Waals surface area contributed by atoms with Crippen LogP contribution in [0.4, 0.5) is 0 Å². The molecule has 1 aliphatic rings. The van der Waals surface area contributed by atoms with E-state index in [9.17, 15) is 5.11 Å². The number of hydrogen-bond donors (Lipinski definition) is 2. The van der Waals surface area contributed by atoms with Gasteiger partial charge in [0.2, 0.25) is 0 Å². The Bertz CT molecular complexity index is 260. The van der Waals surface area contributed by atoms with Gasteiger partial charge in [0.1, 0.15) is 0 Å². The summed E-state index contributed by atoms with van der Waals surface area (Å²) >= 11 is 0. The fourth-order valence-electron chi connectivity index (χ4n) is 3.93. The van der Waals surface area contributed by atoms with Crippen molar-refractivity contribution in [1.29, 1.82) is 0 Å². The zero-order valence-electron chi connectivity index (χ0n) is 14.7. The first-order valence-electron chi connectivity index (χ1n) is 9.19. The lowest BCUT2D eigenvalue weighted by Crippen LogP contribution is -2.47. The topological polar surface area (TPSA) is 35.5 Å². The normalized spacial score (nSPS) is 26.4. The molecule has 1 saturated carbocycles. The van der Waals surface area contributed by atoms with E-state index in [0.717, 1.165) is 38.6 Å². The summed E-state index contributed by atoms with van der Waals surface area (Å²) in [5.74, 6) is 0.851. The molecule has 0 aromatic carbocycles. The highest BCUT2D eigenvalue weighted by molar-refractivity contribution is 4.90. The van der Waals surface area contributed by atoms with Gasteiger partial charge in [0.25, 0.3) is 0 Å². The first-order chi connectivity index (χ1) is 10.2. The van der Waals surface area contributed by atoms with Crippen LogP contribution in [-0.4, -0.2) is 49.3 Å². The lowest BCUT2D eigenvalue weighted by Gasteiger charge is -2.43. The van der Waals surface area contributed by atoms with Crippen LogP contribution in [0.25, 0.3) is 0 Å². The number of hydrogen-bond acceptors (Lipinski definition) is 3. The molecule has 0 radical (unpaired) electrons. The average molecular weight is 299 g/mol. The van der Waals surface area contributed by atoms with E-state index in [2.05, 4.69) is 31.0 Å². The van der Waals surface area contributed by atoms with Crippen molar-refractivity contribution in [3.05, 3.63) is 0 Å². The Hall–Kier alpha value is -0.120. The fourth-order valence-corrected chi connectivity index (χ4v) is 3.93. The number of aliphatic hydroxyl groups excluding tert-OH is 1. The number of unbranched alkanes of at least 4 members (excludes halogenated alkanes) is 1. The molecule has 3 nitrogen and oxygen atoms in total. The minimum absolute atomic E-state index is 0.289. The van der Waals surface area contributed by atoms with Crippen molar-refractivity contribution in [2.24, 2.45) is 11.3 Å². The van der Waals surface area contributed by atoms with Crippen molar-refractivity contribution < 1.29 is 5.11 Å². The molecule has 0 aliphatic heterocycles. The van der Waals surface area contributed by atoms with E-state index >= 15 is 0 Å². The molecule has 0 spiro atoms. The van der Waals surface area contributed by atoms with Gasteiger partial charge in [0.05, 0.1) is 6.61 Å². The molecule has 0 saturated heterocycles. The standard InChI is InChI=1S/C18H38N2O/c1-4-6-11-20(12-13-21)16-18(15-19-10-5-2)9-7-8-17(3)14-18/h17,19,21H,4-16H2,1-3H3. The molecule has 2 N–H and O–H groups in total. The third-order valence-corrected chi connectivity index (χ3v) is 4.92. The number of aliphatic hydroxyl groups is 1. The molecule has 0 aromatic rings. The van der Waals surface area contributed by atoms with E-state index in [4.69, 9.17) is 0 Å². The molecule has 0 bridgehead atoms. The molecule has 2 atom stereocenters. The van der Waals surface area contributed by atoms with E-state index in [1.165, 1.54) is 44.9 Å². The number of rotatable bonds is 11. The van der Waals surface area contributed by atoms with E-state index in [1.54, 1.807) is 0 Å². The van der Waals surface area contributed by atoms with Gasteiger partial charge in [-0.15, -0.1) is 0 Å². The van der Waals surface area contributed by atoms with Crippen molar-refractivity contribution in [1.82, 2.24) is 10.2 Å². The van der Waals surface area contributed by atoms with E-state index < -0.39 is 0 Å². The van der Waals surface area contributed by atoms with Crippen LogP contribution in [0.3, 0.4) is 0 Å². The second-order valence-corrected chi connectivity index (χ2v) is 7.23.